The van der Waals surface area contributed by atoms with Crippen LogP contribution in [0.15, 0.2) is 18.2 Å². The van der Waals surface area contributed by atoms with Crippen LogP contribution in [-0.2, 0) is 0 Å². The first kappa shape index (κ1) is 12.3. The molecule has 2 nitrogen and oxygen atoms in total. The van der Waals surface area contributed by atoms with Crippen molar-refractivity contribution in [2.24, 2.45) is 11.7 Å². The summed E-state index contributed by atoms with van der Waals surface area (Å²) < 4.78 is 25.9. The summed E-state index contributed by atoms with van der Waals surface area (Å²) in [5.41, 5.74) is 6.34. The third-order valence-corrected chi connectivity index (χ3v) is 3.35. The van der Waals surface area contributed by atoms with Crippen LogP contribution in [0.3, 0.4) is 0 Å². The molecule has 2 rings (SSSR count). The number of halogens is 2. The summed E-state index contributed by atoms with van der Waals surface area (Å²) in [6.45, 7) is 0.760. The van der Waals surface area contributed by atoms with Gasteiger partial charge in [0.05, 0.1) is 0 Å². The molecule has 1 aliphatic carbocycles. The van der Waals surface area contributed by atoms with Crippen LogP contribution < -0.4 is 11.1 Å². The van der Waals surface area contributed by atoms with Gasteiger partial charge >= 0.3 is 0 Å². The summed E-state index contributed by atoms with van der Waals surface area (Å²) in [5, 5.41) is 3.09. The second kappa shape index (κ2) is 5.45. The zero-order chi connectivity index (χ0) is 12.3. The van der Waals surface area contributed by atoms with E-state index in [0.717, 1.165) is 38.3 Å². The Morgan fingerprint density at radius 2 is 1.65 bits per heavy atom. The molecule has 0 amide bonds. The fourth-order valence-electron chi connectivity index (χ4n) is 2.31. The smallest absolute Gasteiger partial charge is 0.128 e. The number of benzene rings is 1. The normalized spacial score (nSPS) is 24.6. The van der Waals surface area contributed by atoms with Crippen LogP contribution >= 0.6 is 0 Å². The molecule has 1 fully saturated rings. The lowest BCUT2D eigenvalue weighted by molar-refractivity contribution is 0.339. The Kier molecular flexibility index (Phi) is 3.94. The fourth-order valence-corrected chi connectivity index (χ4v) is 2.31. The van der Waals surface area contributed by atoms with E-state index in [2.05, 4.69) is 5.32 Å². The van der Waals surface area contributed by atoms with Crippen LogP contribution in [0.25, 0.3) is 0 Å². The Labute approximate surface area is 100 Å². The second-order valence-corrected chi connectivity index (χ2v) is 4.82. The molecule has 3 N–H and O–H groups in total. The van der Waals surface area contributed by atoms with Gasteiger partial charge in [0.25, 0.3) is 0 Å². The number of hydrogen-bond donors (Lipinski definition) is 2. The van der Waals surface area contributed by atoms with E-state index in [1.807, 2.05) is 0 Å². The maximum atomic E-state index is 12.9. The summed E-state index contributed by atoms with van der Waals surface area (Å²) in [6, 6.07) is 3.85. The van der Waals surface area contributed by atoms with Crippen molar-refractivity contribution in [1.29, 1.82) is 0 Å². The molecular weight excluding hydrogens is 222 g/mol. The Bertz CT molecular complexity index is 353. The van der Waals surface area contributed by atoms with Crippen molar-refractivity contribution in [3.8, 4) is 0 Å². The van der Waals surface area contributed by atoms with Crippen LogP contribution in [0.2, 0.25) is 0 Å². The summed E-state index contributed by atoms with van der Waals surface area (Å²) in [4.78, 5) is 0. The van der Waals surface area contributed by atoms with E-state index < -0.39 is 11.6 Å². The molecule has 0 unspecified atom stereocenters. The zero-order valence-corrected chi connectivity index (χ0v) is 9.76. The summed E-state index contributed by atoms with van der Waals surface area (Å²) in [7, 11) is 0. The Balaban J connectivity index is 1.85. The lowest BCUT2D eigenvalue weighted by Crippen LogP contribution is -2.29. The Morgan fingerprint density at radius 3 is 2.24 bits per heavy atom. The number of rotatable bonds is 3. The predicted octanol–water partition coefficient (Wildman–Crippen LogP) is 2.89. The van der Waals surface area contributed by atoms with E-state index in [0.29, 0.717) is 17.6 Å². The minimum atomic E-state index is -0.543. The second-order valence-electron chi connectivity index (χ2n) is 4.82. The largest absolute Gasteiger partial charge is 0.385 e. The van der Waals surface area contributed by atoms with Gasteiger partial charge in [-0.15, -0.1) is 0 Å². The van der Waals surface area contributed by atoms with Crippen LogP contribution in [0.1, 0.15) is 25.7 Å². The third-order valence-electron chi connectivity index (χ3n) is 3.35. The van der Waals surface area contributed by atoms with Gasteiger partial charge < -0.3 is 11.1 Å². The van der Waals surface area contributed by atoms with E-state index in [-0.39, 0.29) is 0 Å². The van der Waals surface area contributed by atoms with Crippen molar-refractivity contribution in [1.82, 2.24) is 0 Å². The molecule has 4 heteroatoms. The molecule has 1 aromatic carbocycles. The van der Waals surface area contributed by atoms with Crippen molar-refractivity contribution in [3.05, 3.63) is 29.8 Å². The number of nitrogens with two attached hydrogens (primary N) is 1. The molecule has 1 aromatic rings. The maximum absolute atomic E-state index is 12.9. The average molecular weight is 240 g/mol. The minimum absolute atomic E-state index is 0.331. The lowest BCUT2D eigenvalue weighted by atomic mass is 9.86. The van der Waals surface area contributed by atoms with Crippen LogP contribution in [0, 0.1) is 17.6 Å². The molecule has 0 atom stereocenters. The van der Waals surface area contributed by atoms with Gasteiger partial charge in [-0.1, -0.05) is 0 Å². The molecule has 0 saturated heterocycles. The van der Waals surface area contributed by atoms with Crippen molar-refractivity contribution in [2.75, 3.05) is 11.9 Å². The van der Waals surface area contributed by atoms with Crippen molar-refractivity contribution >= 4 is 5.69 Å². The van der Waals surface area contributed by atoms with Crippen LogP contribution in [0.5, 0.6) is 0 Å². The first-order valence-electron chi connectivity index (χ1n) is 6.09. The summed E-state index contributed by atoms with van der Waals surface area (Å²) >= 11 is 0. The van der Waals surface area contributed by atoms with Gasteiger partial charge in [0.2, 0.25) is 0 Å². The lowest BCUT2D eigenvalue weighted by Gasteiger charge is -2.26. The molecule has 0 heterocycles. The van der Waals surface area contributed by atoms with E-state index in [1.54, 1.807) is 0 Å². The average Bonchev–Trinajstić information content (AvgIpc) is 2.27. The van der Waals surface area contributed by atoms with Gasteiger partial charge in [-0.05, 0) is 43.7 Å². The van der Waals surface area contributed by atoms with Gasteiger partial charge in [0.15, 0.2) is 0 Å². The summed E-state index contributed by atoms with van der Waals surface area (Å²) in [5.74, 6) is -0.530. The molecule has 94 valence electrons. The van der Waals surface area contributed by atoms with E-state index >= 15 is 0 Å². The highest BCUT2D eigenvalue weighted by Crippen LogP contribution is 2.23. The maximum Gasteiger partial charge on any atom is 0.128 e. The Hall–Kier alpha value is -1.16. The molecular formula is C13H18F2N2. The molecule has 0 aliphatic heterocycles. The zero-order valence-electron chi connectivity index (χ0n) is 9.76. The van der Waals surface area contributed by atoms with E-state index in [4.69, 9.17) is 5.73 Å². The van der Waals surface area contributed by atoms with Crippen molar-refractivity contribution in [2.45, 2.75) is 31.7 Å². The molecule has 0 bridgehead atoms. The minimum Gasteiger partial charge on any atom is -0.385 e. The van der Waals surface area contributed by atoms with E-state index in [1.165, 1.54) is 12.1 Å². The van der Waals surface area contributed by atoms with Gasteiger partial charge in [-0.2, -0.15) is 0 Å². The number of nitrogens with one attached hydrogen (secondary N) is 1. The van der Waals surface area contributed by atoms with E-state index in [9.17, 15) is 8.78 Å². The summed E-state index contributed by atoms with van der Waals surface area (Å²) in [6.07, 6.45) is 4.27. The molecule has 1 saturated carbocycles. The van der Waals surface area contributed by atoms with Gasteiger partial charge in [-0.25, -0.2) is 8.78 Å². The topological polar surface area (TPSA) is 38.0 Å². The van der Waals surface area contributed by atoms with Gasteiger partial charge in [-0.3, -0.25) is 0 Å². The highest BCUT2D eigenvalue weighted by Gasteiger charge is 2.18. The third kappa shape index (κ3) is 3.66. The number of hydrogen-bond acceptors (Lipinski definition) is 2. The number of anilines is 1. The molecule has 17 heavy (non-hydrogen) atoms. The monoisotopic (exact) mass is 240 g/mol. The highest BCUT2D eigenvalue weighted by atomic mass is 19.1. The molecule has 1 aliphatic rings. The highest BCUT2D eigenvalue weighted by molar-refractivity contribution is 5.43. The van der Waals surface area contributed by atoms with Gasteiger partial charge in [0.1, 0.15) is 11.6 Å². The standard InChI is InChI=1S/C13H18F2N2/c14-10-5-11(15)7-13(6-10)17-8-9-1-3-12(16)4-2-9/h5-7,9,12,17H,1-4,8,16H2/t9-,12-. The molecule has 0 spiro atoms. The first-order valence-corrected chi connectivity index (χ1v) is 6.09. The quantitative estimate of drug-likeness (QED) is 0.852. The van der Waals surface area contributed by atoms with Crippen LogP contribution in [0.4, 0.5) is 14.5 Å². The van der Waals surface area contributed by atoms with Crippen molar-refractivity contribution in [3.63, 3.8) is 0 Å². The van der Waals surface area contributed by atoms with Crippen LogP contribution in [-0.4, -0.2) is 12.6 Å². The SMILES string of the molecule is N[C@H]1CC[C@H](CNc2cc(F)cc(F)c2)CC1. The fraction of sp³-hybridized carbons (Fsp3) is 0.538. The predicted molar refractivity (Wildman–Crippen MR) is 64.8 cm³/mol. The van der Waals surface area contributed by atoms with Gasteiger partial charge in [0, 0.05) is 24.3 Å². The molecule has 0 aromatic heterocycles. The molecule has 0 radical (unpaired) electrons. The van der Waals surface area contributed by atoms with Crippen molar-refractivity contribution < 1.29 is 8.78 Å². The Morgan fingerprint density at radius 1 is 1.06 bits per heavy atom. The first-order chi connectivity index (χ1) is 8.13.